The van der Waals surface area contributed by atoms with E-state index in [1.165, 1.54) is 14.5 Å². The minimum atomic E-state index is 0.879. The third-order valence-electron chi connectivity index (χ3n) is 3.75. The van der Waals surface area contributed by atoms with Crippen LogP contribution in [0.5, 0.6) is 0 Å². The summed E-state index contributed by atoms with van der Waals surface area (Å²) in [5.41, 5.74) is 3.24. The Hall–Kier alpha value is -1.95. The van der Waals surface area contributed by atoms with E-state index in [1.54, 1.807) is 0 Å². The second-order valence-corrected chi connectivity index (χ2v) is 6.32. The Labute approximate surface area is 135 Å². The number of aryl methyl sites for hydroxylation is 1. The lowest BCUT2D eigenvalue weighted by molar-refractivity contribution is 1.11. The second kappa shape index (κ2) is 4.80. The molecule has 0 saturated carbocycles. The molecule has 0 N–H and O–H groups in total. The zero-order chi connectivity index (χ0) is 14.4. The van der Waals surface area contributed by atoms with Crippen molar-refractivity contribution in [3.05, 3.63) is 63.9 Å². The molecule has 0 spiro atoms. The molecule has 0 radical (unpaired) electrons. The number of pyridine rings is 1. The highest BCUT2D eigenvalue weighted by Gasteiger charge is 2.11. The van der Waals surface area contributed by atoms with Gasteiger partial charge in [-0.15, -0.1) is 10.2 Å². The predicted octanol–water partition coefficient (Wildman–Crippen LogP) is 4.46. The first-order chi connectivity index (χ1) is 10.2. The summed E-state index contributed by atoms with van der Waals surface area (Å²) in [5, 5.41) is 11.2. The fourth-order valence-corrected chi connectivity index (χ4v) is 3.02. The Bertz CT molecular complexity index is 955. The van der Waals surface area contributed by atoms with Crippen molar-refractivity contribution in [2.75, 3.05) is 0 Å². The topological polar surface area (TPSA) is 30.2 Å². The summed E-state index contributed by atoms with van der Waals surface area (Å²) in [4.78, 5) is 0. The van der Waals surface area contributed by atoms with Crippen molar-refractivity contribution < 1.29 is 0 Å². The van der Waals surface area contributed by atoms with E-state index in [0.29, 0.717) is 0 Å². The maximum Gasteiger partial charge on any atom is 0.168 e. The van der Waals surface area contributed by atoms with Crippen LogP contribution in [-0.2, 0) is 0 Å². The molecule has 4 heteroatoms. The number of hydrogen-bond acceptors (Lipinski definition) is 2. The van der Waals surface area contributed by atoms with Gasteiger partial charge < -0.3 is 0 Å². The van der Waals surface area contributed by atoms with Gasteiger partial charge in [0.2, 0.25) is 0 Å². The van der Waals surface area contributed by atoms with E-state index < -0.39 is 0 Å². The summed E-state index contributed by atoms with van der Waals surface area (Å²) >= 11 is 2.30. The largest absolute Gasteiger partial charge is 0.282 e. The minimum absolute atomic E-state index is 0.879. The molecule has 4 rings (SSSR count). The van der Waals surface area contributed by atoms with Gasteiger partial charge >= 0.3 is 0 Å². The van der Waals surface area contributed by atoms with Crippen molar-refractivity contribution in [2.24, 2.45) is 0 Å². The monoisotopic (exact) mass is 385 g/mol. The number of hydrogen-bond donors (Lipinski definition) is 0. The number of nitrogens with zero attached hydrogens (tertiary/aromatic N) is 3. The molecule has 3 nitrogen and oxygen atoms in total. The molecule has 0 aliphatic carbocycles. The summed E-state index contributed by atoms with van der Waals surface area (Å²) in [6.45, 7) is 2.12. The highest BCUT2D eigenvalue weighted by Crippen LogP contribution is 2.26. The van der Waals surface area contributed by atoms with Crippen LogP contribution < -0.4 is 0 Å². The summed E-state index contributed by atoms with van der Waals surface area (Å²) in [5.74, 6) is 0.879. The fraction of sp³-hybridized carbons (Fsp3) is 0.0588. The molecule has 2 aromatic carbocycles. The zero-order valence-corrected chi connectivity index (χ0v) is 13.6. The highest BCUT2D eigenvalue weighted by atomic mass is 127. The van der Waals surface area contributed by atoms with Gasteiger partial charge in [0.25, 0.3) is 0 Å². The van der Waals surface area contributed by atoms with Crippen LogP contribution in [-0.4, -0.2) is 14.6 Å². The van der Waals surface area contributed by atoms with Crippen LogP contribution in [0.4, 0.5) is 0 Å². The Balaban J connectivity index is 2.03. The molecule has 0 aliphatic heterocycles. The van der Waals surface area contributed by atoms with Crippen molar-refractivity contribution in [3.8, 4) is 11.4 Å². The first-order valence-electron chi connectivity index (χ1n) is 6.73. The van der Waals surface area contributed by atoms with Crippen LogP contribution in [0.1, 0.15) is 5.56 Å². The molecule has 4 aromatic rings. The molecule has 0 bridgehead atoms. The van der Waals surface area contributed by atoms with Crippen molar-refractivity contribution >= 4 is 39.0 Å². The normalized spacial score (nSPS) is 11.3. The van der Waals surface area contributed by atoms with Crippen molar-refractivity contribution in [2.45, 2.75) is 6.92 Å². The first-order valence-corrected chi connectivity index (χ1v) is 7.81. The quantitative estimate of drug-likeness (QED) is 0.453. The van der Waals surface area contributed by atoms with Gasteiger partial charge in [0.1, 0.15) is 0 Å². The smallest absolute Gasteiger partial charge is 0.168 e. The summed E-state index contributed by atoms with van der Waals surface area (Å²) < 4.78 is 3.27. The van der Waals surface area contributed by atoms with E-state index in [1.807, 2.05) is 0 Å². The van der Waals surface area contributed by atoms with Gasteiger partial charge in [-0.1, -0.05) is 30.3 Å². The van der Waals surface area contributed by atoms with E-state index in [0.717, 1.165) is 22.4 Å². The number of aromatic nitrogens is 3. The van der Waals surface area contributed by atoms with Gasteiger partial charge in [-0.05, 0) is 58.7 Å². The number of rotatable bonds is 1. The number of benzene rings is 2. The Morgan fingerprint density at radius 3 is 2.52 bits per heavy atom. The van der Waals surface area contributed by atoms with Gasteiger partial charge in [0, 0.05) is 20.7 Å². The lowest BCUT2D eigenvalue weighted by atomic mass is 10.1. The molecular formula is C17H12IN3. The summed E-state index contributed by atoms with van der Waals surface area (Å²) in [6, 6.07) is 16.8. The van der Waals surface area contributed by atoms with E-state index in [2.05, 4.69) is 98.8 Å². The lowest BCUT2D eigenvalue weighted by Gasteiger charge is -2.05. The number of fused-ring (bicyclic) bond motifs is 3. The third kappa shape index (κ3) is 2.01. The molecule has 102 valence electrons. The molecule has 0 unspecified atom stereocenters. The molecule has 0 amide bonds. The zero-order valence-electron chi connectivity index (χ0n) is 11.4. The van der Waals surface area contributed by atoms with Gasteiger partial charge in [0.05, 0.1) is 0 Å². The molecule has 0 saturated heterocycles. The van der Waals surface area contributed by atoms with Crippen LogP contribution in [0.3, 0.4) is 0 Å². The highest BCUT2D eigenvalue weighted by molar-refractivity contribution is 14.1. The molecule has 2 aromatic heterocycles. The van der Waals surface area contributed by atoms with Gasteiger partial charge in [0.15, 0.2) is 11.5 Å². The standard InChI is InChI=1S/C17H12IN3/c1-11-3-2-4-15-14(11)9-10-21-16(19-20-17(15)21)12-5-7-13(18)8-6-12/h2-10H,1H3. The summed E-state index contributed by atoms with van der Waals surface area (Å²) in [6.07, 6.45) is 2.05. The summed E-state index contributed by atoms with van der Waals surface area (Å²) in [7, 11) is 0. The molecule has 21 heavy (non-hydrogen) atoms. The van der Waals surface area contributed by atoms with Gasteiger partial charge in [-0.25, -0.2) is 0 Å². The fourth-order valence-electron chi connectivity index (χ4n) is 2.66. The number of halogens is 1. The van der Waals surface area contributed by atoms with E-state index in [-0.39, 0.29) is 0 Å². The predicted molar refractivity (Wildman–Crippen MR) is 93.4 cm³/mol. The first kappa shape index (κ1) is 12.8. The van der Waals surface area contributed by atoms with Crippen LogP contribution in [0.25, 0.3) is 27.8 Å². The molecule has 0 fully saturated rings. The molecule has 0 atom stereocenters. The second-order valence-electron chi connectivity index (χ2n) is 5.08. The maximum absolute atomic E-state index is 4.40. The van der Waals surface area contributed by atoms with Crippen LogP contribution in [0.15, 0.2) is 54.7 Å². The Kier molecular flexibility index (Phi) is 2.92. The molecular weight excluding hydrogens is 373 g/mol. The van der Waals surface area contributed by atoms with Crippen molar-refractivity contribution in [3.63, 3.8) is 0 Å². The molecule has 0 aliphatic rings. The van der Waals surface area contributed by atoms with E-state index >= 15 is 0 Å². The van der Waals surface area contributed by atoms with Crippen molar-refractivity contribution in [1.29, 1.82) is 0 Å². The lowest BCUT2D eigenvalue weighted by Crippen LogP contribution is -1.91. The van der Waals surface area contributed by atoms with Gasteiger partial charge in [-0.2, -0.15) is 0 Å². The maximum atomic E-state index is 4.40. The van der Waals surface area contributed by atoms with Gasteiger partial charge in [-0.3, -0.25) is 4.40 Å². The van der Waals surface area contributed by atoms with E-state index in [9.17, 15) is 0 Å². The average Bonchev–Trinajstić information content (AvgIpc) is 2.93. The average molecular weight is 385 g/mol. The van der Waals surface area contributed by atoms with E-state index in [4.69, 9.17) is 0 Å². The van der Waals surface area contributed by atoms with Crippen molar-refractivity contribution in [1.82, 2.24) is 14.6 Å². The molecule has 2 heterocycles. The van der Waals surface area contributed by atoms with Crippen LogP contribution in [0, 0.1) is 10.5 Å². The van der Waals surface area contributed by atoms with Crippen LogP contribution in [0.2, 0.25) is 0 Å². The Morgan fingerprint density at radius 1 is 0.905 bits per heavy atom. The third-order valence-corrected chi connectivity index (χ3v) is 4.47. The minimum Gasteiger partial charge on any atom is -0.282 e. The Morgan fingerprint density at radius 2 is 1.71 bits per heavy atom. The van der Waals surface area contributed by atoms with Crippen LogP contribution >= 0.6 is 22.6 Å². The SMILES string of the molecule is Cc1cccc2c1ccn1c(-c3ccc(I)cc3)nnc21.